The molecule has 0 unspecified atom stereocenters. The van der Waals surface area contributed by atoms with Crippen LogP contribution in [0, 0.1) is 10.7 Å². The fourth-order valence-corrected chi connectivity index (χ4v) is 0.424. The highest BCUT2D eigenvalue weighted by Crippen LogP contribution is 1.80. The highest BCUT2D eigenvalue weighted by molar-refractivity contribution is 7.71. The number of aromatic amines is 1. The summed E-state index contributed by atoms with van der Waals surface area (Å²) in [4.78, 5) is 3.20. The Kier molecular flexibility index (Phi) is 1.29. The van der Waals surface area contributed by atoms with E-state index >= 15 is 0 Å². The first-order valence-corrected chi connectivity index (χ1v) is 2.27. The summed E-state index contributed by atoms with van der Waals surface area (Å²) in [5.41, 5.74) is 0. The Labute approximate surface area is 49.6 Å². The summed E-state index contributed by atoms with van der Waals surface area (Å²) in [7, 11) is 0. The minimum absolute atomic E-state index is 0.154. The number of rotatable bonds is 0. The number of aromatic nitrogens is 3. The van der Waals surface area contributed by atoms with Crippen LogP contribution in [-0.2, 0) is 0 Å². The van der Waals surface area contributed by atoms with Crippen molar-refractivity contribution in [3.8, 4) is 0 Å². The molecular formula is C3H2FN3S. The van der Waals surface area contributed by atoms with Gasteiger partial charge in [0.1, 0.15) is 0 Å². The van der Waals surface area contributed by atoms with Gasteiger partial charge in [-0.25, -0.2) is 5.10 Å². The Bertz CT molecular complexity index is 232. The smallest absolute Gasteiger partial charge is 0.237 e. The van der Waals surface area contributed by atoms with Crippen molar-refractivity contribution in [2.24, 2.45) is 0 Å². The molecule has 8 heavy (non-hydrogen) atoms. The third kappa shape index (κ3) is 1.06. The molecule has 1 aromatic rings. The van der Waals surface area contributed by atoms with Crippen LogP contribution in [-0.4, -0.2) is 15.2 Å². The van der Waals surface area contributed by atoms with E-state index in [0.29, 0.717) is 0 Å². The Morgan fingerprint density at radius 1 is 1.75 bits per heavy atom. The first-order valence-electron chi connectivity index (χ1n) is 1.86. The molecule has 0 aliphatic carbocycles. The van der Waals surface area contributed by atoms with E-state index < -0.39 is 6.08 Å². The molecule has 0 saturated carbocycles. The van der Waals surface area contributed by atoms with E-state index in [1.807, 2.05) is 5.10 Å². The van der Waals surface area contributed by atoms with Crippen LogP contribution >= 0.6 is 12.2 Å². The van der Waals surface area contributed by atoms with Gasteiger partial charge in [-0.3, -0.25) is 0 Å². The molecule has 0 spiro atoms. The van der Waals surface area contributed by atoms with Gasteiger partial charge in [-0.15, -0.1) is 0 Å². The first kappa shape index (κ1) is 5.30. The lowest BCUT2D eigenvalue weighted by Crippen LogP contribution is -1.89. The second-order valence-electron chi connectivity index (χ2n) is 1.11. The zero-order chi connectivity index (χ0) is 5.98. The zero-order valence-corrected chi connectivity index (χ0v) is 4.57. The highest BCUT2D eigenvalue weighted by atomic mass is 32.1. The first-order chi connectivity index (χ1) is 3.79. The molecule has 3 nitrogen and oxygen atoms in total. The third-order valence-electron chi connectivity index (χ3n) is 0.540. The van der Waals surface area contributed by atoms with Crippen LogP contribution in [0.1, 0.15) is 0 Å². The zero-order valence-electron chi connectivity index (χ0n) is 3.76. The lowest BCUT2D eigenvalue weighted by Gasteiger charge is -1.81. The molecule has 0 fully saturated rings. The summed E-state index contributed by atoms with van der Waals surface area (Å²) in [5, 5.41) is 5.29. The molecular weight excluding hydrogens is 129 g/mol. The monoisotopic (exact) mass is 131 g/mol. The second-order valence-corrected chi connectivity index (χ2v) is 1.53. The van der Waals surface area contributed by atoms with Crippen LogP contribution in [0.2, 0.25) is 0 Å². The summed E-state index contributed by atoms with van der Waals surface area (Å²) < 4.78 is 12.0. The summed E-state index contributed by atoms with van der Waals surface area (Å²) in [6.07, 6.45) is 0.510. The predicted octanol–water partition coefficient (Wildman–Crippen LogP) is 0.673. The van der Waals surface area contributed by atoms with Crippen LogP contribution in [0.5, 0.6) is 0 Å². The van der Waals surface area contributed by atoms with Crippen LogP contribution in [0.25, 0.3) is 0 Å². The molecule has 1 N–H and O–H groups in total. The van der Waals surface area contributed by atoms with Gasteiger partial charge in [0.15, 0.2) is 4.64 Å². The Balaban J connectivity index is 3.28. The van der Waals surface area contributed by atoms with E-state index in [0.717, 1.165) is 0 Å². The van der Waals surface area contributed by atoms with E-state index in [2.05, 4.69) is 22.3 Å². The van der Waals surface area contributed by atoms with Crippen molar-refractivity contribution in [2.45, 2.75) is 0 Å². The maximum Gasteiger partial charge on any atom is 0.304 e. The average molecular weight is 131 g/mol. The summed E-state index contributed by atoms with van der Waals surface area (Å²) >= 11 is 4.47. The van der Waals surface area contributed by atoms with Crippen molar-refractivity contribution in [3.63, 3.8) is 0 Å². The van der Waals surface area contributed by atoms with Crippen molar-refractivity contribution in [3.05, 3.63) is 16.9 Å². The van der Waals surface area contributed by atoms with E-state index in [4.69, 9.17) is 0 Å². The van der Waals surface area contributed by atoms with E-state index in [9.17, 15) is 4.39 Å². The number of hydrogen-bond donors (Lipinski definition) is 1. The third-order valence-corrected chi connectivity index (χ3v) is 0.737. The van der Waals surface area contributed by atoms with Crippen LogP contribution in [0.15, 0.2) is 6.20 Å². The molecule has 0 aliphatic rings. The van der Waals surface area contributed by atoms with Gasteiger partial charge in [-0.2, -0.15) is 14.5 Å². The van der Waals surface area contributed by atoms with Gasteiger partial charge in [0.05, 0.1) is 6.20 Å². The normalized spacial score (nSPS) is 9.12. The molecule has 5 heteroatoms. The molecule has 1 heterocycles. The molecule has 0 radical (unpaired) electrons. The van der Waals surface area contributed by atoms with Crippen molar-refractivity contribution in [1.29, 1.82) is 0 Å². The average Bonchev–Trinajstić information content (AvgIpc) is 1.64. The van der Waals surface area contributed by atoms with Crippen LogP contribution < -0.4 is 0 Å². The van der Waals surface area contributed by atoms with Gasteiger partial charge < -0.3 is 0 Å². The SMILES string of the molecule is Fc1nc(=S)cn[nH]1. The number of nitrogens with one attached hydrogen (secondary N) is 1. The molecule has 0 aromatic carbocycles. The minimum atomic E-state index is -0.752. The number of H-pyrrole nitrogens is 1. The molecule has 0 amide bonds. The minimum Gasteiger partial charge on any atom is -0.237 e. The summed E-state index contributed by atoms with van der Waals surface area (Å²) in [6.45, 7) is 0. The van der Waals surface area contributed by atoms with Gasteiger partial charge in [-0.05, 0) is 0 Å². The maximum atomic E-state index is 11.9. The summed E-state index contributed by atoms with van der Waals surface area (Å²) in [5.74, 6) is 0. The quantitative estimate of drug-likeness (QED) is 0.526. The Morgan fingerprint density at radius 3 is 2.88 bits per heavy atom. The molecule has 0 aliphatic heterocycles. The Morgan fingerprint density at radius 2 is 2.50 bits per heavy atom. The molecule has 1 rings (SSSR count). The van der Waals surface area contributed by atoms with Crippen molar-refractivity contribution in [2.75, 3.05) is 0 Å². The van der Waals surface area contributed by atoms with Gasteiger partial charge in [-0.1, -0.05) is 12.2 Å². The molecule has 0 atom stereocenters. The standard InChI is InChI=1S/C3H2FN3S/c4-3-6-2(8)1-5-7-3/h1H,(H,6,7,8). The maximum absolute atomic E-state index is 11.9. The Hall–Kier alpha value is -0.840. The second kappa shape index (κ2) is 1.95. The van der Waals surface area contributed by atoms with Crippen molar-refractivity contribution >= 4 is 12.2 Å². The van der Waals surface area contributed by atoms with Gasteiger partial charge >= 0.3 is 6.08 Å². The van der Waals surface area contributed by atoms with Gasteiger partial charge in [0.2, 0.25) is 0 Å². The lowest BCUT2D eigenvalue weighted by atomic mass is 10.9. The fourth-order valence-electron chi connectivity index (χ4n) is 0.291. The molecule has 0 saturated heterocycles. The van der Waals surface area contributed by atoms with Gasteiger partial charge in [0.25, 0.3) is 0 Å². The van der Waals surface area contributed by atoms with E-state index in [1.54, 1.807) is 0 Å². The van der Waals surface area contributed by atoms with Crippen molar-refractivity contribution < 1.29 is 4.39 Å². The fraction of sp³-hybridized carbons (Fsp3) is 0. The number of hydrogen-bond acceptors (Lipinski definition) is 3. The van der Waals surface area contributed by atoms with Crippen molar-refractivity contribution in [1.82, 2.24) is 15.2 Å². The predicted molar refractivity (Wildman–Crippen MR) is 27.2 cm³/mol. The lowest BCUT2D eigenvalue weighted by molar-refractivity contribution is 0.516. The number of halogens is 1. The largest absolute Gasteiger partial charge is 0.304 e. The van der Waals surface area contributed by atoms with Crippen LogP contribution in [0.4, 0.5) is 4.39 Å². The van der Waals surface area contributed by atoms with E-state index in [1.165, 1.54) is 6.20 Å². The molecule has 42 valence electrons. The molecule has 0 bridgehead atoms. The number of nitrogens with zero attached hydrogens (tertiary/aromatic N) is 2. The molecule has 1 aromatic heterocycles. The summed E-state index contributed by atoms with van der Waals surface area (Å²) in [6, 6.07) is 0. The van der Waals surface area contributed by atoms with E-state index in [-0.39, 0.29) is 4.64 Å². The van der Waals surface area contributed by atoms with Crippen LogP contribution in [0.3, 0.4) is 0 Å². The topological polar surface area (TPSA) is 41.6 Å². The van der Waals surface area contributed by atoms with Gasteiger partial charge in [0, 0.05) is 0 Å². The highest BCUT2D eigenvalue weighted by Gasteiger charge is 1.84.